The molecule has 1 N–H and O–H groups in total. The summed E-state index contributed by atoms with van der Waals surface area (Å²) >= 11 is 0. The van der Waals surface area contributed by atoms with Gasteiger partial charge in [-0.15, -0.1) is 0 Å². The minimum Gasteiger partial charge on any atom is -0.373 e. The third-order valence-corrected chi connectivity index (χ3v) is 3.09. The average Bonchev–Trinajstić information content (AvgIpc) is 2.37. The van der Waals surface area contributed by atoms with Gasteiger partial charge < -0.3 is 10.1 Å². The lowest BCUT2D eigenvalue weighted by atomic mass is 10.0. The van der Waals surface area contributed by atoms with Crippen LogP contribution in [0.2, 0.25) is 0 Å². The van der Waals surface area contributed by atoms with E-state index in [-0.39, 0.29) is 11.6 Å². The molecule has 0 saturated carbocycles. The van der Waals surface area contributed by atoms with Crippen LogP contribution in [0.25, 0.3) is 6.08 Å². The Labute approximate surface area is 124 Å². The fourth-order valence-corrected chi connectivity index (χ4v) is 1.82. The van der Waals surface area contributed by atoms with Gasteiger partial charge in [0, 0.05) is 12.1 Å². The van der Waals surface area contributed by atoms with Crippen LogP contribution >= 0.6 is 0 Å². The van der Waals surface area contributed by atoms with Crippen molar-refractivity contribution in [1.29, 1.82) is 0 Å². The van der Waals surface area contributed by atoms with E-state index in [0.717, 1.165) is 6.54 Å². The summed E-state index contributed by atoms with van der Waals surface area (Å²) in [5.41, 5.74) is 1.35. The van der Waals surface area contributed by atoms with E-state index in [1.165, 1.54) is 5.56 Å². The van der Waals surface area contributed by atoms with Gasteiger partial charge in [-0.1, -0.05) is 56.3 Å². The first-order valence-electron chi connectivity index (χ1n) is 7.47. The number of ether oxygens (including phenoxy) is 1. The Morgan fingerprint density at radius 1 is 1.15 bits per heavy atom. The molecule has 0 spiro atoms. The zero-order valence-corrected chi connectivity index (χ0v) is 13.5. The van der Waals surface area contributed by atoms with Crippen molar-refractivity contribution < 1.29 is 4.74 Å². The maximum atomic E-state index is 5.97. The molecule has 0 amide bonds. The molecule has 20 heavy (non-hydrogen) atoms. The molecule has 2 nitrogen and oxygen atoms in total. The fourth-order valence-electron chi connectivity index (χ4n) is 1.82. The van der Waals surface area contributed by atoms with Crippen LogP contribution in [0, 0.1) is 5.92 Å². The Bertz CT molecular complexity index is 390. The predicted octanol–water partition coefficient (Wildman–Crippen LogP) is 4.13. The molecule has 0 radical (unpaired) electrons. The summed E-state index contributed by atoms with van der Waals surface area (Å²) in [5.74, 6) is 0.509. The number of hydrogen-bond donors (Lipinski definition) is 1. The first-order valence-corrected chi connectivity index (χ1v) is 7.47. The van der Waals surface area contributed by atoms with Crippen LogP contribution in [0.15, 0.2) is 36.4 Å². The second-order valence-electron chi connectivity index (χ2n) is 6.56. The number of benzene rings is 1. The lowest BCUT2D eigenvalue weighted by Crippen LogP contribution is -2.43. The van der Waals surface area contributed by atoms with Crippen LogP contribution in [-0.4, -0.2) is 24.8 Å². The van der Waals surface area contributed by atoms with Crippen LogP contribution in [-0.2, 0) is 4.74 Å². The molecule has 0 aromatic heterocycles. The number of nitrogens with one attached hydrogen (secondary N) is 1. The highest BCUT2D eigenvalue weighted by Crippen LogP contribution is 2.09. The van der Waals surface area contributed by atoms with Gasteiger partial charge >= 0.3 is 0 Å². The van der Waals surface area contributed by atoms with Gasteiger partial charge in [0.25, 0.3) is 0 Å². The molecule has 0 fully saturated rings. The maximum absolute atomic E-state index is 5.97. The topological polar surface area (TPSA) is 21.3 Å². The highest BCUT2D eigenvalue weighted by atomic mass is 16.5. The Balaban J connectivity index is 2.38. The third-order valence-electron chi connectivity index (χ3n) is 3.09. The van der Waals surface area contributed by atoms with Crippen LogP contribution in [0.4, 0.5) is 0 Å². The minimum absolute atomic E-state index is 0.135. The van der Waals surface area contributed by atoms with Gasteiger partial charge in [0.15, 0.2) is 0 Å². The molecule has 1 unspecified atom stereocenters. The van der Waals surface area contributed by atoms with Crippen molar-refractivity contribution >= 4 is 6.08 Å². The zero-order valence-electron chi connectivity index (χ0n) is 13.5. The van der Waals surface area contributed by atoms with E-state index in [4.69, 9.17) is 4.74 Å². The Kier molecular flexibility index (Phi) is 6.97. The molecule has 1 aromatic rings. The summed E-state index contributed by atoms with van der Waals surface area (Å²) in [6.07, 6.45) is 4.44. The summed E-state index contributed by atoms with van der Waals surface area (Å²) in [7, 11) is 0. The van der Waals surface area contributed by atoms with Crippen LogP contribution in [0.3, 0.4) is 0 Å². The lowest BCUT2D eigenvalue weighted by molar-refractivity contribution is 0.0367. The van der Waals surface area contributed by atoms with Gasteiger partial charge in [-0.3, -0.25) is 0 Å². The fraction of sp³-hybridized carbons (Fsp3) is 0.556. The van der Waals surface area contributed by atoms with E-state index >= 15 is 0 Å². The van der Waals surface area contributed by atoms with Gasteiger partial charge in [-0.25, -0.2) is 0 Å². The molecule has 0 bridgehead atoms. The van der Waals surface area contributed by atoms with Crippen molar-refractivity contribution in [3.05, 3.63) is 42.0 Å². The Morgan fingerprint density at radius 3 is 2.35 bits per heavy atom. The van der Waals surface area contributed by atoms with Crippen molar-refractivity contribution in [2.75, 3.05) is 13.2 Å². The molecule has 0 aliphatic rings. The molecule has 112 valence electrons. The van der Waals surface area contributed by atoms with Crippen molar-refractivity contribution in [1.82, 2.24) is 5.32 Å². The lowest BCUT2D eigenvalue weighted by Gasteiger charge is -2.27. The van der Waals surface area contributed by atoms with Gasteiger partial charge in [0.05, 0.1) is 12.7 Å². The first kappa shape index (κ1) is 16.9. The predicted molar refractivity (Wildman–Crippen MR) is 87.8 cm³/mol. The van der Waals surface area contributed by atoms with E-state index in [1.54, 1.807) is 0 Å². The minimum atomic E-state index is 0.135. The summed E-state index contributed by atoms with van der Waals surface area (Å²) in [5, 5.41) is 3.51. The van der Waals surface area contributed by atoms with Crippen molar-refractivity contribution in [2.24, 2.45) is 5.92 Å². The van der Waals surface area contributed by atoms with Crippen molar-refractivity contribution in [3.8, 4) is 0 Å². The molecule has 2 heteroatoms. The van der Waals surface area contributed by atoms with E-state index < -0.39 is 0 Å². The first-order chi connectivity index (χ1) is 9.38. The smallest absolute Gasteiger partial charge is 0.0726 e. The summed E-state index contributed by atoms with van der Waals surface area (Å²) in [6.45, 7) is 12.5. The largest absolute Gasteiger partial charge is 0.373 e. The van der Waals surface area contributed by atoms with Crippen LogP contribution < -0.4 is 5.32 Å². The van der Waals surface area contributed by atoms with Gasteiger partial charge in [-0.2, -0.15) is 0 Å². The van der Waals surface area contributed by atoms with Gasteiger partial charge in [0.1, 0.15) is 0 Å². The maximum Gasteiger partial charge on any atom is 0.0726 e. The average molecular weight is 275 g/mol. The number of hydrogen-bond acceptors (Lipinski definition) is 2. The van der Waals surface area contributed by atoms with E-state index in [9.17, 15) is 0 Å². The number of rotatable bonds is 7. The summed E-state index contributed by atoms with van der Waals surface area (Å²) in [6, 6.07) is 10.3. The Hall–Kier alpha value is -1.12. The van der Waals surface area contributed by atoms with Crippen LogP contribution in [0.5, 0.6) is 0 Å². The SMILES string of the molecule is CC(C)C(CNC(C)(C)C)OCC=Cc1ccccc1. The quantitative estimate of drug-likeness (QED) is 0.808. The highest BCUT2D eigenvalue weighted by Gasteiger charge is 2.17. The highest BCUT2D eigenvalue weighted by molar-refractivity contribution is 5.48. The normalized spacial score (nSPS) is 14.1. The Morgan fingerprint density at radius 2 is 1.80 bits per heavy atom. The second kappa shape index (κ2) is 8.23. The second-order valence-corrected chi connectivity index (χ2v) is 6.56. The summed E-state index contributed by atoms with van der Waals surface area (Å²) in [4.78, 5) is 0. The van der Waals surface area contributed by atoms with Crippen molar-refractivity contribution in [3.63, 3.8) is 0 Å². The van der Waals surface area contributed by atoms with Crippen molar-refractivity contribution in [2.45, 2.75) is 46.3 Å². The molecule has 0 aliphatic carbocycles. The van der Waals surface area contributed by atoms with E-state index in [1.807, 2.05) is 18.2 Å². The molecule has 1 rings (SSSR count). The monoisotopic (exact) mass is 275 g/mol. The van der Waals surface area contributed by atoms with E-state index in [2.05, 4.69) is 64.2 Å². The molecular weight excluding hydrogens is 246 g/mol. The zero-order chi connectivity index (χ0) is 15.0. The molecule has 1 aromatic carbocycles. The standard InChI is InChI=1S/C18H29NO/c1-15(2)17(14-19-18(3,4)5)20-13-9-12-16-10-7-6-8-11-16/h6-12,15,17,19H,13-14H2,1-5H3. The molecular formula is C18H29NO. The van der Waals surface area contributed by atoms with Gasteiger partial charge in [-0.05, 0) is 32.3 Å². The molecule has 0 saturated heterocycles. The summed E-state index contributed by atoms with van der Waals surface area (Å²) < 4.78 is 5.97. The van der Waals surface area contributed by atoms with Crippen LogP contribution in [0.1, 0.15) is 40.2 Å². The van der Waals surface area contributed by atoms with E-state index in [0.29, 0.717) is 12.5 Å². The molecule has 0 aliphatic heterocycles. The molecule has 0 heterocycles. The molecule has 1 atom stereocenters. The van der Waals surface area contributed by atoms with Gasteiger partial charge in [0.2, 0.25) is 0 Å². The third kappa shape index (κ3) is 7.46.